The van der Waals surface area contributed by atoms with Gasteiger partial charge in [-0.2, -0.15) is 0 Å². The highest BCUT2D eigenvalue weighted by Gasteiger charge is 2.50. The average molecular weight is 495 g/mol. The normalized spacial score (nSPS) is 15.0. The molecule has 1 aromatic carbocycles. The van der Waals surface area contributed by atoms with Crippen LogP contribution in [0.15, 0.2) is 48.9 Å². The Kier molecular flexibility index (Phi) is 6.73. The Morgan fingerprint density at radius 1 is 1.09 bits per heavy atom. The van der Waals surface area contributed by atoms with E-state index in [1.54, 1.807) is 39.2 Å². The quantitative estimate of drug-likeness (QED) is 0.417. The molecular weight excluding hydrogens is 464 g/mol. The van der Waals surface area contributed by atoms with Crippen molar-refractivity contribution in [3.8, 4) is 17.1 Å². The van der Waals surface area contributed by atoms with Crippen LogP contribution in [0.3, 0.4) is 0 Å². The molecule has 9 heteroatoms. The molecule has 1 fully saturated rings. The molecule has 3 aromatic rings. The van der Waals surface area contributed by atoms with Crippen molar-refractivity contribution in [2.24, 2.45) is 0 Å². The number of hydrogen-bond acceptors (Lipinski definition) is 8. The molecule has 1 saturated carbocycles. The molecule has 35 heavy (non-hydrogen) atoms. The third-order valence-electron chi connectivity index (χ3n) is 6.59. The number of ether oxygens (including phenoxy) is 1. The number of sulfone groups is 1. The maximum atomic E-state index is 13.3. The summed E-state index contributed by atoms with van der Waals surface area (Å²) in [5.74, 6) is 0.465. The number of aromatic nitrogens is 4. The predicted octanol–water partition coefficient (Wildman–Crippen LogP) is 3.89. The second-order valence-electron chi connectivity index (χ2n) is 9.66. The van der Waals surface area contributed by atoms with Gasteiger partial charge in [0.05, 0.1) is 40.6 Å². The van der Waals surface area contributed by atoms with Gasteiger partial charge in [0.15, 0.2) is 9.84 Å². The molecule has 1 aliphatic rings. The van der Waals surface area contributed by atoms with Crippen molar-refractivity contribution in [1.82, 2.24) is 19.9 Å². The molecule has 0 radical (unpaired) electrons. The summed E-state index contributed by atoms with van der Waals surface area (Å²) in [7, 11) is -3.33. The van der Waals surface area contributed by atoms with E-state index in [-0.39, 0.29) is 23.8 Å². The highest BCUT2D eigenvalue weighted by atomic mass is 32.2. The molecular formula is C26H30N4O4S. The fraction of sp³-hybridized carbons (Fsp3) is 0.423. The molecule has 8 nitrogen and oxygen atoms in total. The first kappa shape index (κ1) is 24.9. The second-order valence-corrected chi connectivity index (χ2v) is 12.2. The molecule has 0 spiro atoms. The second kappa shape index (κ2) is 9.45. The Balaban J connectivity index is 1.47. The third kappa shape index (κ3) is 5.40. The lowest BCUT2D eigenvalue weighted by molar-refractivity contribution is -0.122. The fourth-order valence-corrected chi connectivity index (χ4v) is 5.25. The molecule has 0 aliphatic heterocycles. The molecule has 4 rings (SSSR count). The van der Waals surface area contributed by atoms with Gasteiger partial charge < -0.3 is 4.74 Å². The zero-order valence-electron chi connectivity index (χ0n) is 20.5. The molecule has 0 saturated heterocycles. The van der Waals surface area contributed by atoms with Gasteiger partial charge in [-0.15, -0.1) is 0 Å². The van der Waals surface area contributed by atoms with Gasteiger partial charge >= 0.3 is 0 Å². The van der Waals surface area contributed by atoms with E-state index in [0.29, 0.717) is 36.7 Å². The highest BCUT2D eigenvalue weighted by molar-refractivity contribution is 7.92. The average Bonchev–Trinajstić information content (AvgIpc) is 3.59. The summed E-state index contributed by atoms with van der Waals surface area (Å²) >= 11 is 0. The number of hydrogen-bond donors (Lipinski definition) is 0. The van der Waals surface area contributed by atoms with Crippen LogP contribution < -0.4 is 4.74 Å². The van der Waals surface area contributed by atoms with Crippen LogP contribution >= 0.6 is 0 Å². The van der Waals surface area contributed by atoms with Gasteiger partial charge in [0, 0.05) is 18.2 Å². The molecule has 2 heterocycles. The van der Waals surface area contributed by atoms with Crippen LogP contribution in [0.1, 0.15) is 57.6 Å². The Labute approximate surface area is 206 Å². The SMILES string of the molecule is CCOc1cncc(-c2ccc(CC(=O)C(C)(C)c3ccnc(CS(=O)(=O)C4(C)CC4)n3)cc2)n1. The number of ketones is 1. The van der Waals surface area contributed by atoms with Crippen molar-refractivity contribution in [1.29, 1.82) is 0 Å². The molecule has 0 amide bonds. The van der Waals surface area contributed by atoms with E-state index in [1.807, 2.05) is 31.2 Å². The number of rotatable bonds is 10. The summed E-state index contributed by atoms with van der Waals surface area (Å²) < 4.78 is 30.0. The van der Waals surface area contributed by atoms with E-state index < -0.39 is 20.0 Å². The number of carbonyl (C=O) groups is 1. The number of benzene rings is 1. The predicted molar refractivity (Wildman–Crippen MR) is 133 cm³/mol. The number of Topliss-reactive ketones (excluding diaryl/α,β-unsaturated/α-hetero) is 1. The van der Waals surface area contributed by atoms with Crippen molar-refractivity contribution in [3.63, 3.8) is 0 Å². The van der Waals surface area contributed by atoms with Gasteiger partial charge in [-0.25, -0.2) is 23.4 Å². The fourth-order valence-electron chi connectivity index (χ4n) is 3.70. The highest BCUT2D eigenvalue weighted by Crippen LogP contribution is 2.44. The molecule has 1 aliphatic carbocycles. The van der Waals surface area contributed by atoms with Crippen molar-refractivity contribution in [2.75, 3.05) is 6.61 Å². The van der Waals surface area contributed by atoms with E-state index >= 15 is 0 Å². The number of nitrogens with zero attached hydrogens (tertiary/aromatic N) is 4. The van der Waals surface area contributed by atoms with Gasteiger partial charge in [-0.1, -0.05) is 24.3 Å². The van der Waals surface area contributed by atoms with E-state index in [2.05, 4.69) is 19.9 Å². The lowest BCUT2D eigenvalue weighted by Gasteiger charge is -2.23. The molecule has 184 valence electrons. The van der Waals surface area contributed by atoms with E-state index in [0.717, 1.165) is 11.1 Å². The maximum Gasteiger partial charge on any atom is 0.232 e. The largest absolute Gasteiger partial charge is 0.477 e. The minimum Gasteiger partial charge on any atom is -0.477 e. The molecule has 2 aromatic heterocycles. The van der Waals surface area contributed by atoms with Crippen molar-refractivity contribution in [2.45, 2.75) is 62.9 Å². The van der Waals surface area contributed by atoms with Crippen LogP contribution in [0.25, 0.3) is 11.3 Å². The summed E-state index contributed by atoms with van der Waals surface area (Å²) in [5.41, 5.74) is 2.04. The van der Waals surface area contributed by atoms with Crippen molar-refractivity contribution < 1.29 is 17.9 Å². The van der Waals surface area contributed by atoms with E-state index in [4.69, 9.17) is 4.74 Å². The first-order valence-corrected chi connectivity index (χ1v) is 13.3. The smallest absolute Gasteiger partial charge is 0.232 e. The van der Waals surface area contributed by atoms with Crippen LogP contribution in [0.5, 0.6) is 5.88 Å². The van der Waals surface area contributed by atoms with Crippen LogP contribution in [0.4, 0.5) is 0 Å². The molecule has 0 N–H and O–H groups in total. The van der Waals surface area contributed by atoms with Crippen LogP contribution in [-0.2, 0) is 32.2 Å². The topological polar surface area (TPSA) is 112 Å². The first-order chi connectivity index (χ1) is 16.5. The summed E-state index contributed by atoms with van der Waals surface area (Å²) in [6, 6.07) is 9.28. The minimum atomic E-state index is -3.33. The summed E-state index contributed by atoms with van der Waals surface area (Å²) in [6.07, 6.45) is 6.33. The Hall–Kier alpha value is -3.20. The van der Waals surface area contributed by atoms with Crippen LogP contribution in [-0.4, -0.2) is 45.5 Å². The lowest BCUT2D eigenvalue weighted by atomic mass is 9.81. The Morgan fingerprint density at radius 2 is 1.80 bits per heavy atom. The van der Waals surface area contributed by atoms with E-state index in [9.17, 15) is 13.2 Å². The van der Waals surface area contributed by atoms with Gasteiger partial charge in [0.2, 0.25) is 5.88 Å². The summed E-state index contributed by atoms with van der Waals surface area (Å²) in [5, 5.41) is 0. The first-order valence-electron chi connectivity index (χ1n) is 11.7. The summed E-state index contributed by atoms with van der Waals surface area (Å²) in [6.45, 7) is 7.77. The maximum absolute atomic E-state index is 13.3. The summed E-state index contributed by atoms with van der Waals surface area (Å²) in [4.78, 5) is 30.5. The Bertz CT molecular complexity index is 1330. The zero-order chi connectivity index (χ0) is 25.3. The van der Waals surface area contributed by atoms with Gasteiger partial charge in [0.25, 0.3) is 0 Å². The minimum absolute atomic E-state index is 0.0231. The van der Waals surface area contributed by atoms with Crippen molar-refractivity contribution in [3.05, 3.63) is 66.0 Å². The standard InChI is InChI=1S/C26H30N4O4S/c1-5-34-24-16-27-15-20(29-24)19-8-6-18(7-9-19)14-22(31)25(2,3)21-10-13-28-23(30-21)17-35(32,33)26(4)11-12-26/h6-10,13,15-16H,5,11-12,14,17H2,1-4H3. The monoisotopic (exact) mass is 494 g/mol. The van der Waals surface area contributed by atoms with Crippen LogP contribution in [0.2, 0.25) is 0 Å². The third-order valence-corrected chi connectivity index (χ3v) is 9.13. The Morgan fingerprint density at radius 3 is 2.46 bits per heavy atom. The van der Waals surface area contributed by atoms with Crippen LogP contribution in [0, 0.1) is 0 Å². The van der Waals surface area contributed by atoms with E-state index in [1.165, 1.54) is 6.20 Å². The molecule has 0 bridgehead atoms. The number of carbonyl (C=O) groups excluding carboxylic acids is 1. The zero-order valence-corrected chi connectivity index (χ0v) is 21.3. The lowest BCUT2D eigenvalue weighted by Crippen LogP contribution is -2.32. The molecule has 0 unspecified atom stereocenters. The van der Waals surface area contributed by atoms with Gasteiger partial charge in [-0.3, -0.25) is 9.78 Å². The van der Waals surface area contributed by atoms with Crippen molar-refractivity contribution >= 4 is 15.6 Å². The van der Waals surface area contributed by atoms with Gasteiger partial charge in [-0.05, 0) is 52.2 Å². The molecule has 0 atom stereocenters. The van der Waals surface area contributed by atoms with Gasteiger partial charge in [0.1, 0.15) is 17.4 Å².